The highest BCUT2D eigenvalue weighted by Crippen LogP contribution is 2.15. The first-order valence-corrected chi connectivity index (χ1v) is 7.96. The highest BCUT2D eigenvalue weighted by Gasteiger charge is 2.17. The molecule has 0 aliphatic heterocycles. The molecule has 0 bridgehead atoms. The quantitative estimate of drug-likeness (QED) is 0.571. The average Bonchev–Trinajstić information content (AvgIpc) is 2.98. The van der Waals surface area contributed by atoms with Gasteiger partial charge in [-0.1, -0.05) is 29.8 Å². The molecule has 0 aliphatic carbocycles. The second-order valence-electron chi connectivity index (χ2n) is 5.84. The van der Waals surface area contributed by atoms with Crippen molar-refractivity contribution < 1.29 is 0 Å². The van der Waals surface area contributed by atoms with Gasteiger partial charge in [0.05, 0.1) is 6.21 Å². The predicted molar refractivity (Wildman–Crippen MR) is 98.3 cm³/mol. The van der Waals surface area contributed by atoms with Crippen LogP contribution in [0.5, 0.6) is 0 Å². The van der Waals surface area contributed by atoms with Gasteiger partial charge in [-0.15, -0.1) is 0 Å². The van der Waals surface area contributed by atoms with Gasteiger partial charge in [-0.25, -0.2) is 10.2 Å². The zero-order valence-corrected chi connectivity index (χ0v) is 14.6. The van der Waals surface area contributed by atoms with Gasteiger partial charge in [0, 0.05) is 20.6 Å². The summed E-state index contributed by atoms with van der Waals surface area (Å²) in [5.74, 6) is 0.416. The number of benzene rings is 1. The van der Waals surface area contributed by atoms with Gasteiger partial charge in [0.2, 0.25) is 5.95 Å². The number of hydrogen-bond donors (Lipinski definition) is 1. The largest absolute Gasteiger partial charge is 0.332 e. The first kappa shape index (κ1) is 16.7. The monoisotopic (exact) mass is 340 g/mol. The Morgan fingerprint density at radius 1 is 1.16 bits per heavy atom. The van der Waals surface area contributed by atoms with Gasteiger partial charge in [0.25, 0.3) is 5.56 Å². The van der Waals surface area contributed by atoms with E-state index >= 15 is 0 Å². The second-order valence-corrected chi connectivity index (χ2v) is 5.84. The molecule has 8 heteroatoms. The van der Waals surface area contributed by atoms with E-state index in [4.69, 9.17) is 0 Å². The van der Waals surface area contributed by atoms with Crippen LogP contribution in [0.4, 0.5) is 5.95 Å². The molecule has 0 unspecified atom stereocenters. The van der Waals surface area contributed by atoms with Crippen molar-refractivity contribution in [1.82, 2.24) is 18.7 Å². The number of fused-ring (bicyclic) bond motifs is 1. The van der Waals surface area contributed by atoms with Gasteiger partial charge in [0.1, 0.15) is 0 Å². The van der Waals surface area contributed by atoms with E-state index in [9.17, 15) is 9.59 Å². The Labute approximate surface area is 144 Å². The number of nitrogens with zero attached hydrogens (tertiary/aromatic N) is 5. The first-order chi connectivity index (χ1) is 11.9. The second kappa shape index (κ2) is 6.39. The van der Waals surface area contributed by atoms with Crippen molar-refractivity contribution in [2.45, 2.75) is 20.4 Å². The van der Waals surface area contributed by atoms with Gasteiger partial charge in [-0.3, -0.25) is 13.9 Å². The van der Waals surface area contributed by atoms with Crippen molar-refractivity contribution in [1.29, 1.82) is 0 Å². The van der Waals surface area contributed by atoms with Gasteiger partial charge in [-0.2, -0.15) is 10.1 Å². The molecular weight excluding hydrogens is 320 g/mol. The maximum Gasteiger partial charge on any atom is 0.332 e. The van der Waals surface area contributed by atoms with Gasteiger partial charge in [0.15, 0.2) is 11.2 Å². The lowest BCUT2D eigenvalue weighted by atomic mass is 10.2. The Morgan fingerprint density at radius 2 is 1.84 bits per heavy atom. The molecule has 0 saturated heterocycles. The number of hydrazone groups is 1. The van der Waals surface area contributed by atoms with Crippen molar-refractivity contribution >= 4 is 23.3 Å². The molecule has 0 spiro atoms. The van der Waals surface area contributed by atoms with Crippen molar-refractivity contribution in [3.63, 3.8) is 0 Å². The van der Waals surface area contributed by atoms with Crippen LogP contribution in [0, 0.1) is 6.92 Å². The fourth-order valence-corrected chi connectivity index (χ4v) is 2.66. The normalized spacial score (nSPS) is 11.5. The van der Waals surface area contributed by atoms with E-state index < -0.39 is 5.69 Å². The molecule has 1 N–H and O–H groups in total. The number of imidazole rings is 1. The maximum absolute atomic E-state index is 12.4. The minimum atomic E-state index is -0.409. The zero-order valence-electron chi connectivity index (χ0n) is 14.6. The fourth-order valence-electron chi connectivity index (χ4n) is 2.66. The minimum Gasteiger partial charge on any atom is -0.303 e. The van der Waals surface area contributed by atoms with Gasteiger partial charge in [-0.05, 0) is 19.4 Å². The summed E-state index contributed by atoms with van der Waals surface area (Å²) < 4.78 is 4.15. The molecule has 1 aromatic carbocycles. The van der Waals surface area contributed by atoms with E-state index in [1.165, 1.54) is 17.2 Å². The van der Waals surface area contributed by atoms with Crippen molar-refractivity contribution in [2.75, 3.05) is 5.43 Å². The number of rotatable bonds is 4. The fraction of sp³-hybridized carbons (Fsp3) is 0.294. The summed E-state index contributed by atoms with van der Waals surface area (Å²) >= 11 is 0. The smallest absolute Gasteiger partial charge is 0.303 e. The molecule has 2 aromatic heterocycles. The van der Waals surface area contributed by atoms with Crippen LogP contribution < -0.4 is 16.7 Å². The number of aromatic nitrogens is 4. The van der Waals surface area contributed by atoms with Crippen LogP contribution in [0.1, 0.15) is 18.1 Å². The molecule has 2 heterocycles. The summed E-state index contributed by atoms with van der Waals surface area (Å²) in [6.45, 7) is 4.44. The molecule has 3 rings (SSSR count). The molecular formula is C17H20N6O2. The average molecular weight is 340 g/mol. The Balaban J connectivity index is 2.03. The SMILES string of the molecule is CCn1c(N/N=C/c2ccc(C)cc2)nc2c1c(=O)n(C)c(=O)n2C. The van der Waals surface area contributed by atoms with Crippen molar-refractivity contribution in [2.24, 2.45) is 19.2 Å². The standard InChI is InChI=1S/C17H20N6O2/c1-5-23-13-14(21(3)17(25)22(4)15(13)24)19-16(23)20-18-10-12-8-6-11(2)7-9-12/h6-10H,5H2,1-4H3,(H,19,20)/b18-10+. The van der Waals surface area contributed by atoms with E-state index in [-0.39, 0.29) is 5.56 Å². The summed E-state index contributed by atoms with van der Waals surface area (Å²) in [5, 5.41) is 4.20. The molecule has 3 aromatic rings. The van der Waals surface area contributed by atoms with E-state index in [0.29, 0.717) is 23.7 Å². The number of aryl methyl sites for hydroxylation is 3. The molecule has 0 saturated carbocycles. The highest BCUT2D eigenvalue weighted by molar-refractivity contribution is 5.80. The number of hydrogen-bond acceptors (Lipinski definition) is 5. The molecule has 130 valence electrons. The Hall–Kier alpha value is -3.16. The lowest BCUT2D eigenvalue weighted by Crippen LogP contribution is -2.37. The summed E-state index contributed by atoms with van der Waals surface area (Å²) in [6.07, 6.45) is 1.68. The number of nitrogens with one attached hydrogen (secondary N) is 1. The molecule has 0 radical (unpaired) electrons. The van der Waals surface area contributed by atoms with Gasteiger partial charge < -0.3 is 4.57 Å². The topological polar surface area (TPSA) is 86.2 Å². The lowest BCUT2D eigenvalue weighted by molar-refractivity contribution is 0.700. The van der Waals surface area contributed by atoms with Crippen LogP contribution >= 0.6 is 0 Å². The molecule has 0 fully saturated rings. The third-order valence-electron chi connectivity index (χ3n) is 4.12. The van der Waals surface area contributed by atoms with Crippen molar-refractivity contribution in [3.8, 4) is 0 Å². The molecule has 8 nitrogen and oxygen atoms in total. The summed E-state index contributed by atoms with van der Waals surface area (Å²) in [4.78, 5) is 28.9. The Morgan fingerprint density at radius 3 is 2.48 bits per heavy atom. The molecule has 0 atom stereocenters. The van der Waals surface area contributed by atoms with E-state index in [2.05, 4.69) is 15.5 Å². The molecule has 25 heavy (non-hydrogen) atoms. The highest BCUT2D eigenvalue weighted by atomic mass is 16.2. The third kappa shape index (κ3) is 2.86. The van der Waals surface area contributed by atoms with Crippen LogP contribution in [0.2, 0.25) is 0 Å². The lowest BCUT2D eigenvalue weighted by Gasteiger charge is -2.05. The van der Waals surface area contributed by atoms with Crippen LogP contribution in [-0.2, 0) is 20.6 Å². The minimum absolute atomic E-state index is 0.336. The number of anilines is 1. The summed E-state index contributed by atoms with van der Waals surface area (Å²) in [5.41, 5.74) is 4.92. The third-order valence-corrected chi connectivity index (χ3v) is 4.12. The van der Waals surface area contributed by atoms with E-state index in [1.54, 1.807) is 17.8 Å². The maximum atomic E-state index is 12.4. The molecule has 0 aliphatic rings. The van der Waals surface area contributed by atoms with E-state index in [0.717, 1.165) is 10.1 Å². The van der Waals surface area contributed by atoms with E-state index in [1.807, 2.05) is 38.1 Å². The van der Waals surface area contributed by atoms with Crippen LogP contribution in [0.15, 0.2) is 39.0 Å². The Bertz CT molecular complexity index is 1070. The molecule has 0 amide bonds. The summed E-state index contributed by atoms with van der Waals surface area (Å²) in [6, 6.07) is 7.93. The summed E-state index contributed by atoms with van der Waals surface area (Å²) in [7, 11) is 3.05. The van der Waals surface area contributed by atoms with Crippen LogP contribution in [-0.4, -0.2) is 24.9 Å². The first-order valence-electron chi connectivity index (χ1n) is 7.96. The zero-order chi connectivity index (χ0) is 18.1. The predicted octanol–water partition coefficient (Wildman–Crippen LogP) is 1.21. The van der Waals surface area contributed by atoms with Crippen LogP contribution in [0.25, 0.3) is 11.2 Å². The van der Waals surface area contributed by atoms with Gasteiger partial charge >= 0.3 is 5.69 Å². The van der Waals surface area contributed by atoms with Crippen molar-refractivity contribution in [3.05, 3.63) is 56.2 Å². The van der Waals surface area contributed by atoms with Crippen LogP contribution in [0.3, 0.4) is 0 Å². The Kier molecular flexibility index (Phi) is 4.26.